The molecule has 0 aromatic heterocycles. The molecule has 1 unspecified atom stereocenters. The standard InChI is InChI=1S/C19H31N3O4S/c1-18(2)11-22(25)19(3,4)14(18)9-26-15(23)8-6-5-7-13-16-12(10-27-13)20-17(24)21-16/h11-14,16H,5-10H2,1-4H3,(H2,20,21,24)/t12-,13-,14?,16-/m1/s1. The van der Waals surface area contributed by atoms with Crippen molar-refractivity contribution in [2.45, 2.75) is 76.3 Å². The van der Waals surface area contributed by atoms with Gasteiger partial charge >= 0.3 is 12.0 Å². The number of esters is 1. The average Bonchev–Trinajstić information content (AvgIpc) is 3.14. The first-order valence-corrected chi connectivity index (χ1v) is 10.8. The number of nitrogens with zero attached hydrogens (tertiary/aromatic N) is 1. The molecule has 27 heavy (non-hydrogen) atoms. The Bertz CT molecular complexity index is 634. The maximum atomic E-state index is 12.1. The summed E-state index contributed by atoms with van der Waals surface area (Å²) in [6.07, 6.45) is 4.80. The second-order valence-electron chi connectivity index (χ2n) is 9.03. The third-order valence-corrected chi connectivity index (χ3v) is 7.75. The Kier molecular flexibility index (Phi) is 5.66. The molecule has 0 aliphatic carbocycles. The van der Waals surface area contributed by atoms with E-state index in [-0.39, 0.29) is 42.0 Å². The van der Waals surface area contributed by atoms with Gasteiger partial charge in [0.15, 0.2) is 11.8 Å². The van der Waals surface area contributed by atoms with Crippen LogP contribution in [0.1, 0.15) is 53.4 Å². The maximum Gasteiger partial charge on any atom is 0.315 e. The van der Waals surface area contributed by atoms with Crippen LogP contribution in [-0.4, -0.2) is 58.2 Å². The zero-order valence-electron chi connectivity index (χ0n) is 16.6. The van der Waals surface area contributed by atoms with E-state index in [2.05, 4.69) is 10.6 Å². The minimum atomic E-state index is -0.570. The fraction of sp³-hybridized carbons (Fsp3) is 0.842. The lowest BCUT2D eigenvalue weighted by Crippen LogP contribution is -2.42. The summed E-state index contributed by atoms with van der Waals surface area (Å²) in [5, 5.41) is 18.4. The van der Waals surface area contributed by atoms with Crippen molar-refractivity contribution in [1.82, 2.24) is 10.6 Å². The maximum absolute atomic E-state index is 12.1. The van der Waals surface area contributed by atoms with Crippen LogP contribution >= 0.6 is 11.8 Å². The van der Waals surface area contributed by atoms with Crippen LogP contribution in [0.5, 0.6) is 0 Å². The molecule has 0 saturated carbocycles. The number of ether oxygens (including phenoxy) is 1. The third kappa shape index (κ3) is 4.20. The van der Waals surface area contributed by atoms with Crippen molar-refractivity contribution in [3.63, 3.8) is 0 Å². The number of hydroxylamine groups is 1. The summed E-state index contributed by atoms with van der Waals surface area (Å²) in [6, 6.07) is 0.395. The van der Waals surface area contributed by atoms with Gasteiger partial charge in [0, 0.05) is 31.3 Å². The van der Waals surface area contributed by atoms with E-state index in [4.69, 9.17) is 4.74 Å². The largest absolute Gasteiger partial charge is 0.624 e. The van der Waals surface area contributed by atoms with E-state index in [9.17, 15) is 14.8 Å². The predicted octanol–water partition coefficient (Wildman–Crippen LogP) is 2.27. The van der Waals surface area contributed by atoms with Gasteiger partial charge in [-0.15, -0.1) is 0 Å². The summed E-state index contributed by atoms with van der Waals surface area (Å²) >= 11 is 1.89. The fourth-order valence-electron chi connectivity index (χ4n) is 4.55. The van der Waals surface area contributed by atoms with Crippen LogP contribution < -0.4 is 10.6 Å². The molecule has 3 aliphatic heterocycles. The SMILES string of the molecule is CC1(C)C=[N+]([O-])C(C)(C)C1COC(=O)CCCC[C@H]1SC[C@H]2NC(=O)N[C@H]21. The predicted molar refractivity (Wildman–Crippen MR) is 106 cm³/mol. The van der Waals surface area contributed by atoms with Crippen LogP contribution in [0.3, 0.4) is 0 Å². The van der Waals surface area contributed by atoms with Gasteiger partial charge in [-0.25, -0.2) is 9.53 Å². The van der Waals surface area contributed by atoms with Crippen molar-refractivity contribution in [2.75, 3.05) is 12.4 Å². The minimum absolute atomic E-state index is 0.0308. The first-order chi connectivity index (χ1) is 12.6. The molecule has 2 fully saturated rings. The van der Waals surface area contributed by atoms with E-state index < -0.39 is 5.54 Å². The summed E-state index contributed by atoms with van der Waals surface area (Å²) in [6.45, 7) is 8.08. The number of rotatable bonds is 7. The molecule has 2 N–H and O–H groups in total. The molecule has 2 amide bonds. The number of amides is 2. The Labute approximate surface area is 165 Å². The van der Waals surface area contributed by atoms with Crippen molar-refractivity contribution in [3.05, 3.63) is 5.21 Å². The summed E-state index contributed by atoms with van der Waals surface area (Å²) in [5.41, 5.74) is -0.860. The second kappa shape index (κ2) is 7.53. The third-order valence-electron chi connectivity index (χ3n) is 6.24. The van der Waals surface area contributed by atoms with Gasteiger partial charge in [0.1, 0.15) is 6.61 Å². The number of carbonyl (C=O) groups excluding carboxylic acids is 2. The topological polar surface area (TPSA) is 93.5 Å². The van der Waals surface area contributed by atoms with E-state index in [1.165, 1.54) is 0 Å². The smallest absolute Gasteiger partial charge is 0.315 e. The normalized spacial score (nSPS) is 33.2. The van der Waals surface area contributed by atoms with Crippen LogP contribution in [0.2, 0.25) is 0 Å². The van der Waals surface area contributed by atoms with Gasteiger partial charge in [-0.2, -0.15) is 11.8 Å². The Morgan fingerprint density at radius 3 is 2.74 bits per heavy atom. The number of carbonyl (C=O) groups is 2. The Morgan fingerprint density at radius 1 is 1.33 bits per heavy atom. The van der Waals surface area contributed by atoms with Gasteiger partial charge in [-0.3, -0.25) is 4.79 Å². The lowest BCUT2D eigenvalue weighted by atomic mass is 9.73. The minimum Gasteiger partial charge on any atom is -0.624 e. The van der Waals surface area contributed by atoms with Crippen LogP contribution in [0.25, 0.3) is 0 Å². The van der Waals surface area contributed by atoms with Crippen molar-refractivity contribution in [1.29, 1.82) is 0 Å². The summed E-state index contributed by atoms with van der Waals surface area (Å²) in [7, 11) is 0. The number of fused-ring (bicyclic) bond motifs is 1. The molecule has 3 rings (SSSR count). The molecule has 0 aromatic carbocycles. The van der Waals surface area contributed by atoms with Crippen LogP contribution in [0.15, 0.2) is 0 Å². The lowest BCUT2D eigenvalue weighted by molar-refractivity contribution is -0.536. The molecule has 3 heterocycles. The highest BCUT2D eigenvalue weighted by Gasteiger charge is 2.53. The molecule has 152 valence electrons. The molecule has 4 atom stereocenters. The molecule has 0 bridgehead atoms. The molecule has 0 radical (unpaired) electrons. The Hall–Kier alpha value is -1.44. The molecule has 3 aliphatic rings. The average molecular weight is 398 g/mol. The quantitative estimate of drug-likeness (QED) is 0.226. The Morgan fingerprint density at radius 2 is 2.07 bits per heavy atom. The molecule has 0 spiro atoms. The van der Waals surface area contributed by atoms with Gasteiger partial charge in [0.25, 0.3) is 0 Å². The highest BCUT2D eigenvalue weighted by atomic mass is 32.2. The van der Waals surface area contributed by atoms with Crippen molar-refractivity contribution in [3.8, 4) is 0 Å². The van der Waals surface area contributed by atoms with Crippen molar-refractivity contribution < 1.29 is 19.1 Å². The number of nitrogens with one attached hydrogen (secondary N) is 2. The van der Waals surface area contributed by atoms with E-state index in [0.29, 0.717) is 11.7 Å². The number of hydrogen-bond acceptors (Lipinski definition) is 5. The van der Waals surface area contributed by atoms with Gasteiger partial charge in [-0.05, 0) is 26.7 Å². The fourth-order valence-corrected chi connectivity index (χ4v) is 6.09. The van der Waals surface area contributed by atoms with Crippen molar-refractivity contribution >= 4 is 30.0 Å². The monoisotopic (exact) mass is 397 g/mol. The van der Waals surface area contributed by atoms with Crippen LogP contribution in [0.4, 0.5) is 4.79 Å². The van der Waals surface area contributed by atoms with Gasteiger partial charge < -0.3 is 20.6 Å². The van der Waals surface area contributed by atoms with Gasteiger partial charge in [0.2, 0.25) is 0 Å². The van der Waals surface area contributed by atoms with E-state index in [0.717, 1.165) is 29.8 Å². The second-order valence-corrected chi connectivity index (χ2v) is 10.3. The summed E-state index contributed by atoms with van der Waals surface area (Å²) in [5.74, 6) is 0.729. The van der Waals surface area contributed by atoms with E-state index in [1.807, 2.05) is 39.5 Å². The molecule has 7 nitrogen and oxygen atoms in total. The van der Waals surface area contributed by atoms with Crippen LogP contribution in [0, 0.1) is 16.5 Å². The molecule has 2 saturated heterocycles. The van der Waals surface area contributed by atoms with Gasteiger partial charge in [0.05, 0.1) is 23.4 Å². The number of urea groups is 1. The summed E-state index contributed by atoms with van der Waals surface area (Å²) < 4.78 is 6.50. The van der Waals surface area contributed by atoms with Crippen molar-refractivity contribution in [2.24, 2.45) is 11.3 Å². The van der Waals surface area contributed by atoms with E-state index >= 15 is 0 Å². The molecule has 8 heteroatoms. The lowest BCUT2D eigenvalue weighted by Gasteiger charge is -2.30. The van der Waals surface area contributed by atoms with Gasteiger partial charge in [-0.1, -0.05) is 6.42 Å². The number of unbranched alkanes of at least 4 members (excludes halogenated alkanes) is 1. The number of hydrogen-bond donors (Lipinski definition) is 2. The van der Waals surface area contributed by atoms with E-state index in [1.54, 1.807) is 6.21 Å². The first-order valence-electron chi connectivity index (χ1n) is 9.78. The highest BCUT2D eigenvalue weighted by Crippen LogP contribution is 2.41. The zero-order chi connectivity index (χ0) is 19.8. The Balaban J connectivity index is 1.35. The van der Waals surface area contributed by atoms with Crippen LogP contribution in [-0.2, 0) is 9.53 Å². The molecular weight excluding hydrogens is 366 g/mol. The first kappa shape index (κ1) is 20.3. The number of thioether (sulfide) groups is 1. The molecular formula is C19H31N3O4S. The summed E-state index contributed by atoms with van der Waals surface area (Å²) in [4.78, 5) is 23.5. The highest BCUT2D eigenvalue weighted by molar-refractivity contribution is 8.00. The molecule has 0 aromatic rings. The zero-order valence-corrected chi connectivity index (χ0v) is 17.4.